The third-order valence-corrected chi connectivity index (χ3v) is 6.88. The third-order valence-electron chi connectivity index (χ3n) is 4.54. The van der Waals surface area contributed by atoms with Crippen molar-refractivity contribution >= 4 is 54.7 Å². The van der Waals surface area contributed by atoms with E-state index in [1.165, 1.54) is 30.7 Å². The Kier molecular flexibility index (Phi) is 4.42. The minimum absolute atomic E-state index is 0.0284. The van der Waals surface area contributed by atoms with E-state index < -0.39 is 17.1 Å². The molecule has 0 spiro atoms. The second-order valence-corrected chi connectivity index (χ2v) is 8.56. The molecule has 1 N–H and O–H groups in total. The average molecular weight is 461 g/mol. The summed E-state index contributed by atoms with van der Waals surface area (Å²) in [6, 6.07) is 4.25. The molecule has 0 unspecified atom stereocenters. The Balaban J connectivity index is 1.77. The molecule has 0 atom stereocenters. The standard InChI is InChI=1S/C19H10ClFN4O3S2/c1-28-14-2-8(9(20)3-10(14)21)15-4-11-17(30-15)18(26)25(19(27)24-11)13-6-22-5-12-16(13)29-7-23-12/h2-7H,1H3,(H,24,27). The molecule has 0 saturated carbocycles. The third kappa shape index (κ3) is 2.83. The fraction of sp³-hybridized carbons (Fsp3) is 0.0526. The Bertz CT molecular complexity index is 1570. The van der Waals surface area contributed by atoms with Crippen molar-refractivity contribution in [1.29, 1.82) is 0 Å². The van der Waals surface area contributed by atoms with E-state index in [4.69, 9.17) is 16.3 Å². The van der Waals surface area contributed by atoms with Gasteiger partial charge in [0, 0.05) is 10.4 Å². The predicted molar refractivity (Wildman–Crippen MR) is 116 cm³/mol. The maximum Gasteiger partial charge on any atom is 0.333 e. The van der Waals surface area contributed by atoms with E-state index in [-0.39, 0.29) is 10.8 Å². The molecule has 0 amide bonds. The van der Waals surface area contributed by atoms with Gasteiger partial charge in [0.2, 0.25) is 0 Å². The van der Waals surface area contributed by atoms with Gasteiger partial charge >= 0.3 is 5.69 Å². The van der Waals surface area contributed by atoms with Crippen LogP contribution in [-0.4, -0.2) is 26.6 Å². The fourth-order valence-electron chi connectivity index (χ4n) is 3.17. The minimum Gasteiger partial charge on any atom is -0.494 e. The van der Waals surface area contributed by atoms with Crippen LogP contribution in [0, 0.1) is 5.82 Å². The Morgan fingerprint density at radius 1 is 1.20 bits per heavy atom. The van der Waals surface area contributed by atoms with Crippen molar-refractivity contribution in [2.45, 2.75) is 0 Å². The first-order chi connectivity index (χ1) is 14.5. The van der Waals surface area contributed by atoms with Gasteiger partial charge in [0.25, 0.3) is 5.56 Å². The van der Waals surface area contributed by atoms with Crippen LogP contribution in [0.4, 0.5) is 4.39 Å². The van der Waals surface area contributed by atoms with Crippen LogP contribution in [0.25, 0.3) is 36.6 Å². The van der Waals surface area contributed by atoms with Crippen LogP contribution >= 0.6 is 34.3 Å². The lowest BCUT2D eigenvalue weighted by molar-refractivity contribution is 0.387. The number of aromatic amines is 1. The molecule has 0 aliphatic heterocycles. The number of pyridine rings is 1. The highest BCUT2D eigenvalue weighted by atomic mass is 35.5. The fourth-order valence-corrected chi connectivity index (χ4v) is 5.31. The number of halogens is 2. The van der Waals surface area contributed by atoms with Crippen LogP contribution < -0.4 is 16.0 Å². The van der Waals surface area contributed by atoms with Gasteiger partial charge in [-0.1, -0.05) is 11.6 Å². The van der Waals surface area contributed by atoms with Crippen LogP contribution in [0.15, 0.2) is 45.7 Å². The molecule has 30 heavy (non-hydrogen) atoms. The second-order valence-electron chi connectivity index (χ2n) is 6.25. The molecule has 0 fully saturated rings. The van der Waals surface area contributed by atoms with E-state index in [9.17, 15) is 14.0 Å². The molecular weight excluding hydrogens is 451 g/mol. The molecule has 0 aliphatic rings. The zero-order valence-corrected chi connectivity index (χ0v) is 17.5. The quantitative estimate of drug-likeness (QED) is 0.435. The maximum absolute atomic E-state index is 13.9. The predicted octanol–water partition coefficient (Wildman–Crippen LogP) is 4.21. The highest BCUT2D eigenvalue weighted by Gasteiger charge is 2.18. The SMILES string of the molecule is COc1cc(-c2cc3[nH]c(=O)n(-c4cncc5ncsc45)c(=O)c3s2)c(Cl)cc1F. The first-order valence-corrected chi connectivity index (χ1v) is 10.5. The summed E-state index contributed by atoms with van der Waals surface area (Å²) in [5.74, 6) is -0.561. The molecular formula is C19H10ClFN4O3S2. The minimum atomic E-state index is -0.595. The molecule has 4 heterocycles. The van der Waals surface area contributed by atoms with Gasteiger partial charge in [-0.05, 0) is 18.2 Å². The molecule has 0 saturated heterocycles. The van der Waals surface area contributed by atoms with Gasteiger partial charge in [-0.2, -0.15) is 0 Å². The van der Waals surface area contributed by atoms with Crippen LogP contribution in [0.1, 0.15) is 0 Å². The van der Waals surface area contributed by atoms with Crippen molar-refractivity contribution in [3.8, 4) is 21.9 Å². The normalized spacial score (nSPS) is 11.4. The van der Waals surface area contributed by atoms with Gasteiger partial charge in [0.15, 0.2) is 11.6 Å². The number of aromatic nitrogens is 4. The summed E-state index contributed by atoms with van der Waals surface area (Å²) in [6.45, 7) is 0. The number of H-pyrrole nitrogens is 1. The molecule has 5 rings (SSSR count). The number of nitrogens with zero attached hydrogens (tertiary/aromatic N) is 3. The highest BCUT2D eigenvalue weighted by molar-refractivity contribution is 7.22. The van der Waals surface area contributed by atoms with Crippen LogP contribution in [0.2, 0.25) is 5.02 Å². The molecule has 0 aliphatic carbocycles. The van der Waals surface area contributed by atoms with E-state index >= 15 is 0 Å². The Morgan fingerprint density at radius 3 is 2.83 bits per heavy atom. The van der Waals surface area contributed by atoms with Gasteiger partial charge < -0.3 is 9.72 Å². The van der Waals surface area contributed by atoms with E-state index in [2.05, 4.69) is 15.0 Å². The van der Waals surface area contributed by atoms with Gasteiger partial charge in [-0.15, -0.1) is 22.7 Å². The average Bonchev–Trinajstić information content (AvgIpc) is 3.35. The summed E-state index contributed by atoms with van der Waals surface area (Å²) < 4.78 is 21.0. The Hall–Kier alpha value is -3.08. The second kappa shape index (κ2) is 7.01. The lowest BCUT2D eigenvalue weighted by Crippen LogP contribution is -2.33. The van der Waals surface area contributed by atoms with Gasteiger partial charge in [0.1, 0.15) is 10.2 Å². The Morgan fingerprint density at radius 2 is 2.03 bits per heavy atom. The van der Waals surface area contributed by atoms with Crippen molar-refractivity contribution < 1.29 is 9.13 Å². The van der Waals surface area contributed by atoms with E-state index in [0.717, 1.165) is 22.0 Å². The van der Waals surface area contributed by atoms with Gasteiger partial charge in [-0.25, -0.2) is 18.7 Å². The molecule has 4 aromatic heterocycles. The summed E-state index contributed by atoms with van der Waals surface area (Å²) in [6.07, 6.45) is 3.03. The number of hydrogen-bond acceptors (Lipinski definition) is 7. The van der Waals surface area contributed by atoms with E-state index in [0.29, 0.717) is 36.6 Å². The van der Waals surface area contributed by atoms with E-state index in [1.807, 2.05) is 0 Å². The number of thiophene rings is 1. The van der Waals surface area contributed by atoms with Crippen LogP contribution in [0.5, 0.6) is 5.75 Å². The first kappa shape index (κ1) is 18.9. The lowest BCUT2D eigenvalue weighted by Gasteiger charge is -2.06. The summed E-state index contributed by atoms with van der Waals surface area (Å²) in [4.78, 5) is 37.5. The highest BCUT2D eigenvalue weighted by Crippen LogP contribution is 2.38. The van der Waals surface area contributed by atoms with Crippen molar-refractivity contribution in [1.82, 2.24) is 19.5 Å². The number of hydrogen-bond donors (Lipinski definition) is 1. The number of rotatable bonds is 3. The summed E-state index contributed by atoms with van der Waals surface area (Å²) >= 11 is 8.67. The number of benzene rings is 1. The summed E-state index contributed by atoms with van der Waals surface area (Å²) in [7, 11) is 1.35. The van der Waals surface area contributed by atoms with Crippen LogP contribution in [0.3, 0.4) is 0 Å². The Labute approximate surface area is 180 Å². The van der Waals surface area contributed by atoms with Crippen molar-refractivity contribution in [3.05, 3.63) is 67.8 Å². The zero-order chi connectivity index (χ0) is 21.0. The van der Waals surface area contributed by atoms with Crippen LogP contribution in [-0.2, 0) is 0 Å². The first-order valence-electron chi connectivity index (χ1n) is 8.48. The van der Waals surface area contributed by atoms with Crippen molar-refractivity contribution in [2.24, 2.45) is 0 Å². The number of nitrogens with one attached hydrogen (secondary N) is 1. The topological polar surface area (TPSA) is 89.9 Å². The lowest BCUT2D eigenvalue weighted by atomic mass is 10.1. The largest absolute Gasteiger partial charge is 0.494 e. The molecule has 0 bridgehead atoms. The number of methoxy groups -OCH3 is 1. The zero-order valence-electron chi connectivity index (χ0n) is 15.1. The summed E-state index contributed by atoms with van der Waals surface area (Å²) in [5, 5.41) is 0.168. The maximum atomic E-state index is 13.9. The number of fused-ring (bicyclic) bond motifs is 2. The van der Waals surface area contributed by atoms with E-state index in [1.54, 1.807) is 17.8 Å². The number of thiazole rings is 1. The number of ether oxygens (including phenoxy) is 1. The summed E-state index contributed by atoms with van der Waals surface area (Å²) in [5.41, 5.74) is 2.36. The van der Waals surface area contributed by atoms with Crippen molar-refractivity contribution in [2.75, 3.05) is 7.11 Å². The molecule has 1 aromatic carbocycles. The molecule has 5 aromatic rings. The monoisotopic (exact) mass is 460 g/mol. The van der Waals surface area contributed by atoms with Gasteiger partial charge in [0.05, 0.1) is 45.9 Å². The smallest absolute Gasteiger partial charge is 0.333 e. The molecule has 7 nitrogen and oxygen atoms in total. The van der Waals surface area contributed by atoms with Crippen molar-refractivity contribution in [3.63, 3.8) is 0 Å². The molecule has 11 heteroatoms. The molecule has 0 radical (unpaired) electrons. The van der Waals surface area contributed by atoms with Gasteiger partial charge in [-0.3, -0.25) is 9.78 Å². The molecule has 150 valence electrons.